The van der Waals surface area contributed by atoms with Crippen molar-refractivity contribution < 1.29 is 98.2 Å². The van der Waals surface area contributed by atoms with Gasteiger partial charge in [0.15, 0.2) is 0 Å². The molecule has 0 N–H and O–H groups in total. The van der Waals surface area contributed by atoms with Gasteiger partial charge in [-0.25, -0.2) is 15.0 Å². The average Bonchev–Trinajstić information content (AvgIpc) is 1.55. The normalized spacial score (nSPS) is 21.3. The number of pyridine rings is 9. The van der Waals surface area contributed by atoms with Gasteiger partial charge in [-0.15, -0.1) is 161 Å². The van der Waals surface area contributed by atoms with Gasteiger partial charge in [0.05, 0.1) is 16.7 Å². The molecule has 9 aromatic carbocycles. The van der Waals surface area contributed by atoms with Crippen LogP contribution in [0.5, 0.6) is 0 Å². The Bertz CT molecular complexity index is 7890. The Morgan fingerprint density at radius 1 is 0.264 bits per heavy atom. The first kappa shape index (κ1) is 78.5. The van der Waals surface area contributed by atoms with Crippen LogP contribution in [-0.4, -0.2) is 44.9 Å². The van der Waals surface area contributed by atoms with E-state index in [2.05, 4.69) is 66.3 Å². The smallest absolute Gasteiger partial charge is 0.216 e. The van der Waals surface area contributed by atoms with Gasteiger partial charge >= 0.3 is 0 Å². The molecule has 0 spiro atoms. The number of rotatable bonds is 12. The molecule has 0 bridgehead atoms. The van der Waals surface area contributed by atoms with Crippen LogP contribution >= 0.6 is 0 Å². The van der Waals surface area contributed by atoms with E-state index in [1.165, 1.54) is 36.7 Å². The first-order valence-electron chi connectivity index (χ1n) is 55.2. The summed E-state index contributed by atoms with van der Waals surface area (Å²) in [6.45, 7) is -0.871. The minimum Gasteiger partial charge on any atom is -0.486 e. The van der Waals surface area contributed by atoms with Crippen LogP contribution < -0.4 is 0 Å². The molecule has 3 aliphatic carbocycles. The van der Waals surface area contributed by atoms with Crippen LogP contribution in [0.25, 0.3) is 134 Å². The van der Waals surface area contributed by atoms with Crippen LogP contribution in [0.15, 0.2) is 348 Å². The van der Waals surface area contributed by atoms with Crippen molar-refractivity contribution in [1.82, 2.24) is 44.9 Å². The van der Waals surface area contributed by atoms with Gasteiger partial charge in [-0.1, -0.05) is 210 Å². The minimum atomic E-state index is -2.18. The fourth-order valence-electron chi connectivity index (χ4n) is 17.8. The summed E-state index contributed by atoms with van der Waals surface area (Å²) in [6, 6.07) is 112. The standard InChI is InChI=1S/3C29H25N2O.2C13H12N.C12H10N.3Ir/c3*1-19-10-16-25-24-8-5-9-26(28(24)32-29(25)31-19)27-17-15-23(18-30-27)22-13-11-21(12-14-22)20-6-3-2-4-7-20;1-10-3-6-12(7-4-10)13-8-5-11(2)9-14-13;1-10-8-13(14-9-11(10)2)12-6-4-3-5-7-12;1-10-5-7-11(8-6-10)12-4-2-3-9-13-12;;;/h3*2-8,10,15-18,21-22H,11-14H2,1H3;2*3-6,8-9H,1-2H3;2-7,9H,1H3;;;/q6*-1;;;/i3*21D,22D;1D3,2D3;2D3;1D3;;;. The molecule has 3 radical (unpaired) electrons. The van der Waals surface area contributed by atoms with Crippen molar-refractivity contribution in [3.63, 3.8) is 0 Å². The zero-order valence-corrected chi connectivity index (χ0v) is 84.7. The Kier molecular flexibility index (Phi) is 26.4. The van der Waals surface area contributed by atoms with Gasteiger partial charge in [0.2, 0.25) is 17.1 Å². The van der Waals surface area contributed by atoms with Crippen molar-refractivity contribution in [1.29, 1.82) is 0 Å². The second-order valence-electron chi connectivity index (χ2n) is 34.3. The number of nitrogens with zero attached hydrogens (tertiary/aromatic N) is 9. The fraction of sp³-hybridized carbons (Fsp3) is 0.208. The quantitative estimate of drug-likeness (QED) is 0.107. The van der Waals surface area contributed by atoms with E-state index in [-0.39, 0.29) is 71.4 Å². The van der Waals surface area contributed by atoms with Gasteiger partial charge in [0.25, 0.3) is 0 Å². The summed E-state index contributed by atoms with van der Waals surface area (Å²) in [5, 5.41) is 5.95. The monoisotopic (exact) mass is 2380 g/mol. The molecule has 3 fully saturated rings. The number of aryl methyl sites for hydroxylation is 8. The van der Waals surface area contributed by atoms with E-state index in [0.29, 0.717) is 117 Å². The van der Waals surface area contributed by atoms with E-state index < -0.39 is 62.8 Å². The molecule has 705 valence electrons. The van der Waals surface area contributed by atoms with Crippen molar-refractivity contribution in [3.05, 3.63) is 449 Å². The van der Waals surface area contributed by atoms with Gasteiger partial charge in [0, 0.05) is 155 Å². The minimum absolute atomic E-state index is 0. The van der Waals surface area contributed by atoms with Crippen LogP contribution in [0.4, 0.5) is 0 Å². The van der Waals surface area contributed by atoms with Crippen molar-refractivity contribution >= 4 is 66.2 Å². The van der Waals surface area contributed by atoms with Crippen molar-refractivity contribution in [3.8, 4) is 67.5 Å². The van der Waals surface area contributed by atoms with E-state index in [1.807, 2.05) is 282 Å². The SMILES string of the molecule is [2H]C([2H])([2H])c1c[c-]c(-c2ccc(C([2H])([2H])[2H])cn2)cc1.[2H]C([2H])([2H])c1c[c-]c(-c2ccccn2)cc1.[2H]C([2H])([2H])c1cnc(-c2[c-]cccc2)cc1C.[2H]C1(c2ccccc2)CCC([2H])(c2ccc(-c3[c-]ccc4c3oc3nc(C)ccc34)nc2)CC1.[2H]C1(c2ccccc2)CCC([2H])(c2ccc(-c3[c-]ccc4c3oc3nc(C)ccc34)nc2)CC1.[2H]C1(c2ccccc2)CCC([2H])(c2ccc(-c3[c-]ccc4c3oc3nc(C)ccc34)nc2)CC1.[Ir].[Ir].[Ir]. The molecular weight excluding hydrogens is 2250 g/mol. The number of furan rings is 3. The van der Waals surface area contributed by atoms with Gasteiger partial charge < -0.3 is 43.2 Å². The molecule has 12 aromatic heterocycles. The van der Waals surface area contributed by atoms with Crippen LogP contribution in [0.2, 0.25) is 0 Å². The molecule has 3 saturated carbocycles. The second kappa shape index (κ2) is 47.1. The molecule has 15 heteroatoms. The molecule has 0 saturated heterocycles. The molecule has 0 aliphatic heterocycles. The number of hydrogen-bond acceptors (Lipinski definition) is 12. The first-order valence-corrected chi connectivity index (χ1v) is 46.2. The molecule has 0 amide bonds. The first-order chi connectivity index (χ1) is 74.1. The molecule has 12 nitrogen and oxygen atoms in total. The second-order valence-corrected chi connectivity index (χ2v) is 34.3. The van der Waals surface area contributed by atoms with Gasteiger partial charge in [0.1, 0.15) is 0 Å². The summed E-state index contributed by atoms with van der Waals surface area (Å²) in [6.07, 6.45) is 17.7. The Morgan fingerprint density at radius 2 is 0.614 bits per heavy atom. The Labute approximate surface area is 887 Å². The van der Waals surface area contributed by atoms with Gasteiger partial charge in [-0.3, -0.25) is 0 Å². The third kappa shape index (κ3) is 23.9. The average molecular weight is 2380 g/mol. The van der Waals surface area contributed by atoms with Crippen molar-refractivity contribution in [2.75, 3.05) is 0 Å². The van der Waals surface area contributed by atoms with E-state index in [4.69, 9.17) is 52.9 Å². The fourth-order valence-corrected chi connectivity index (χ4v) is 17.8. The van der Waals surface area contributed by atoms with Crippen LogP contribution in [0.3, 0.4) is 0 Å². The number of fused-ring (bicyclic) bond motifs is 9. The third-order valence-corrected chi connectivity index (χ3v) is 25.2. The molecule has 12 heterocycles. The molecule has 21 aromatic rings. The van der Waals surface area contributed by atoms with Crippen molar-refractivity contribution in [2.24, 2.45) is 0 Å². The van der Waals surface area contributed by atoms with Crippen LogP contribution in [-0.2, 0) is 60.3 Å². The third-order valence-electron chi connectivity index (χ3n) is 25.2. The predicted molar refractivity (Wildman–Crippen MR) is 555 cm³/mol. The summed E-state index contributed by atoms with van der Waals surface area (Å²) >= 11 is 0. The van der Waals surface area contributed by atoms with Gasteiger partial charge in [-0.2, -0.15) is 0 Å². The van der Waals surface area contributed by atoms with Crippen molar-refractivity contribution in [2.45, 2.75) is 168 Å². The Balaban J connectivity index is 0.000000137. The maximum atomic E-state index is 9.14. The number of aromatic nitrogens is 9. The summed E-state index contributed by atoms with van der Waals surface area (Å²) in [7, 11) is 0. The summed E-state index contributed by atoms with van der Waals surface area (Å²) < 4.78 is 160. The Hall–Kier alpha value is -13.3. The summed E-state index contributed by atoms with van der Waals surface area (Å²) in [4.78, 5) is 40.2. The zero-order valence-electron chi connectivity index (χ0n) is 95.5. The number of benzene rings is 9. The van der Waals surface area contributed by atoms with Crippen LogP contribution in [0, 0.1) is 91.5 Å². The van der Waals surface area contributed by atoms with E-state index in [0.717, 1.165) is 161 Å². The summed E-state index contributed by atoms with van der Waals surface area (Å²) in [5.41, 5.74) is 23.4. The van der Waals surface area contributed by atoms with E-state index in [9.17, 15) is 0 Å². The molecule has 24 rings (SSSR count). The zero-order chi connectivity index (χ0) is 109. The maximum absolute atomic E-state index is 9.14. The van der Waals surface area contributed by atoms with Gasteiger partial charge in [-0.05, 0) is 275 Å². The summed E-state index contributed by atoms with van der Waals surface area (Å²) in [5.74, 6) is -4.00. The largest absolute Gasteiger partial charge is 0.486 e. The molecule has 140 heavy (non-hydrogen) atoms. The predicted octanol–water partition coefficient (Wildman–Crippen LogP) is 32.0. The van der Waals surface area contributed by atoms with E-state index in [1.54, 1.807) is 43.5 Å². The maximum Gasteiger partial charge on any atom is 0.216 e. The molecule has 0 atom stereocenters. The molecule has 0 unspecified atom stereocenters. The molecule has 3 aliphatic rings. The Morgan fingerprint density at radius 3 is 0.936 bits per heavy atom. The van der Waals surface area contributed by atoms with Crippen LogP contribution in [0.1, 0.15) is 215 Å². The topological polar surface area (TPSA) is 155 Å². The van der Waals surface area contributed by atoms with E-state index >= 15 is 0 Å². The number of hydrogen-bond donors (Lipinski definition) is 0. The molecular formula is C125H109Ir3N9O3-6.